The van der Waals surface area contributed by atoms with Crippen LogP contribution in [0.15, 0.2) is 24.3 Å². The molecule has 1 amide bonds. The van der Waals surface area contributed by atoms with Crippen LogP contribution in [0.4, 0.5) is 0 Å². The van der Waals surface area contributed by atoms with Crippen LogP contribution in [0.2, 0.25) is 0 Å². The van der Waals surface area contributed by atoms with Gasteiger partial charge in [0.05, 0.1) is 18.2 Å². The number of ether oxygens (including phenoxy) is 1. The molecule has 0 aromatic heterocycles. The van der Waals surface area contributed by atoms with Gasteiger partial charge in [0, 0.05) is 19.6 Å². The number of benzene rings is 1. The Hall–Kier alpha value is -2.06. The van der Waals surface area contributed by atoms with Crippen LogP contribution in [-0.4, -0.2) is 43.6 Å². The van der Waals surface area contributed by atoms with Crippen molar-refractivity contribution in [3.05, 3.63) is 29.8 Å². The number of rotatable bonds is 4. The molecule has 1 heterocycles. The minimum atomic E-state index is 0.0731. The van der Waals surface area contributed by atoms with Crippen LogP contribution in [0.1, 0.15) is 12.0 Å². The van der Waals surface area contributed by atoms with Crippen LogP contribution in [0.5, 0.6) is 5.75 Å². The quantitative estimate of drug-likeness (QED) is 0.867. The average Bonchev–Trinajstić information content (AvgIpc) is 2.63. The predicted molar refractivity (Wildman–Crippen MR) is 70.7 cm³/mol. The summed E-state index contributed by atoms with van der Waals surface area (Å²) < 4.78 is 5.60. The molecule has 5 heteroatoms. The Kier molecular flexibility index (Phi) is 4.76. The molecular weight excluding hydrogens is 242 g/mol. The SMILES string of the molecule is N#Cc1cccc(OCCN2CCCNC(=O)C2)c1. The van der Waals surface area contributed by atoms with Crippen molar-refractivity contribution in [3.63, 3.8) is 0 Å². The average molecular weight is 259 g/mol. The first-order valence-electron chi connectivity index (χ1n) is 6.40. The van der Waals surface area contributed by atoms with E-state index in [0.29, 0.717) is 31.0 Å². The van der Waals surface area contributed by atoms with Gasteiger partial charge in [-0.3, -0.25) is 9.69 Å². The molecule has 1 N–H and O–H groups in total. The summed E-state index contributed by atoms with van der Waals surface area (Å²) in [6.45, 7) is 3.31. The van der Waals surface area contributed by atoms with Crippen LogP contribution in [0.3, 0.4) is 0 Å². The fourth-order valence-corrected chi connectivity index (χ4v) is 2.01. The number of hydrogen-bond donors (Lipinski definition) is 1. The Morgan fingerprint density at radius 3 is 3.21 bits per heavy atom. The van der Waals surface area contributed by atoms with Crippen LogP contribution >= 0.6 is 0 Å². The minimum absolute atomic E-state index is 0.0731. The molecule has 0 spiro atoms. The molecule has 1 saturated heterocycles. The van der Waals surface area contributed by atoms with E-state index in [2.05, 4.69) is 16.3 Å². The lowest BCUT2D eigenvalue weighted by atomic mass is 10.2. The number of nitrogens with one attached hydrogen (secondary N) is 1. The highest BCUT2D eigenvalue weighted by Gasteiger charge is 2.13. The number of nitriles is 1. The van der Waals surface area contributed by atoms with E-state index in [1.807, 2.05) is 6.07 Å². The Bertz CT molecular complexity index is 482. The van der Waals surface area contributed by atoms with E-state index in [-0.39, 0.29) is 5.91 Å². The molecule has 19 heavy (non-hydrogen) atoms. The summed E-state index contributed by atoms with van der Waals surface area (Å²) in [5, 5.41) is 11.6. The lowest BCUT2D eigenvalue weighted by Gasteiger charge is -2.18. The van der Waals surface area contributed by atoms with E-state index >= 15 is 0 Å². The van der Waals surface area contributed by atoms with Gasteiger partial charge in [-0.15, -0.1) is 0 Å². The van der Waals surface area contributed by atoms with Crippen LogP contribution in [-0.2, 0) is 4.79 Å². The zero-order valence-electron chi connectivity index (χ0n) is 10.8. The first kappa shape index (κ1) is 13.4. The van der Waals surface area contributed by atoms with Crippen molar-refractivity contribution in [1.29, 1.82) is 5.26 Å². The fraction of sp³-hybridized carbons (Fsp3) is 0.429. The molecule has 1 aromatic carbocycles. The van der Waals surface area contributed by atoms with E-state index in [0.717, 1.165) is 19.5 Å². The van der Waals surface area contributed by atoms with Crippen LogP contribution in [0.25, 0.3) is 0 Å². The molecule has 1 aliphatic heterocycles. The van der Waals surface area contributed by atoms with Crippen molar-refractivity contribution in [2.24, 2.45) is 0 Å². The predicted octanol–water partition coefficient (Wildman–Crippen LogP) is 0.759. The van der Waals surface area contributed by atoms with E-state index in [4.69, 9.17) is 10.00 Å². The Morgan fingerprint density at radius 1 is 1.47 bits per heavy atom. The van der Waals surface area contributed by atoms with Crippen molar-refractivity contribution in [1.82, 2.24) is 10.2 Å². The molecule has 1 aliphatic rings. The van der Waals surface area contributed by atoms with Gasteiger partial charge in [-0.05, 0) is 24.6 Å². The number of carbonyl (C=O) groups excluding carboxylic acids is 1. The molecule has 0 atom stereocenters. The molecule has 5 nitrogen and oxygen atoms in total. The van der Waals surface area contributed by atoms with Crippen LogP contribution < -0.4 is 10.1 Å². The fourth-order valence-electron chi connectivity index (χ4n) is 2.01. The molecule has 0 saturated carbocycles. The van der Waals surface area contributed by atoms with Gasteiger partial charge >= 0.3 is 0 Å². The summed E-state index contributed by atoms with van der Waals surface area (Å²) >= 11 is 0. The summed E-state index contributed by atoms with van der Waals surface area (Å²) in [6.07, 6.45) is 0.968. The molecule has 1 aromatic rings. The monoisotopic (exact) mass is 259 g/mol. The minimum Gasteiger partial charge on any atom is -0.492 e. The summed E-state index contributed by atoms with van der Waals surface area (Å²) in [7, 11) is 0. The Morgan fingerprint density at radius 2 is 2.37 bits per heavy atom. The van der Waals surface area contributed by atoms with Gasteiger partial charge in [0.25, 0.3) is 0 Å². The van der Waals surface area contributed by atoms with E-state index in [1.54, 1.807) is 18.2 Å². The van der Waals surface area contributed by atoms with Gasteiger partial charge in [0.1, 0.15) is 12.4 Å². The molecule has 0 bridgehead atoms. The Labute approximate surface area is 112 Å². The summed E-state index contributed by atoms with van der Waals surface area (Å²) in [6, 6.07) is 9.17. The number of nitrogens with zero attached hydrogens (tertiary/aromatic N) is 2. The molecular formula is C14H17N3O2. The number of hydrogen-bond acceptors (Lipinski definition) is 4. The maximum absolute atomic E-state index is 11.4. The first-order valence-corrected chi connectivity index (χ1v) is 6.40. The number of amides is 1. The smallest absolute Gasteiger partial charge is 0.234 e. The topological polar surface area (TPSA) is 65.4 Å². The van der Waals surface area contributed by atoms with E-state index in [9.17, 15) is 4.79 Å². The third-order valence-corrected chi connectivity index (χ3v) is 2.98. The summed E-state index contributed by atoms with van der Waals surface area (Å²) in [5.41, 5.74) is 0.589. The zero-order chi connectivity index (χ0) is 13.5. The van der Waals surface area contributed by atoms with Gasteiger partial charge in [0.15, 0.2) is 0 Å². The summed E-state index contributed by atoms with van der Waals surface area (Å²) in [5.74, 6) is 0.766. The molecule has 0 unspecified atom stereocenters. The van der Waals surface area contributed by atoms with Gasteiger partial charge in [-0.25, -0.2) is 0 Å². The highest BCUT2D eigenvalue weighted by atomic mass is 16.5. The first-order chi connectivity index (χ1) is 9.28. The van der Waals surface area contributed by atoms with Gasteiger partial charge in [-0.2, -0.15) is 5.26 Å². The van der Waals surface area contributed by atoms with Crippen molar-refractivity contribution < 1.29 is 9.53 Å². The second-order valence-corrected chi connectivity index (χ2v) is 4.47. The molecule has 100 valence electrons. The van der Waals surface area contributed by atoms with Gasteiger partial charge < -0.3 is 10.1 Å². The van der Waals surface area contributed by atoms with E-state index in [1.165, 1.54) is 0 Å². The Balaban J connectivity index is 1.79. The second kappa shape index (κ2) is 6.76. The normalized spacial score (nSPS) is 16.3. The molecule has 1 fully saturated rings. The third-order valence-electron chi connectivity index (χ3n) is 2.98. The highest BCUT2D eigenvalue weighted by Crippen LogP contribution is 2.12. The lowest BCUT2D eigenvalue weighted by molar-refractivity contribution is -0.121. The second-order valence-electron chi connectivity index (χ2n) is 4.47. The largest absolute Gasteiger partial charge is 0.492 e. The summed E-state index contributed by atoms with van der Waals surface area (Å²) in [4.78, 5) is 13.5. The maximum Gasteiger partial charge on any atom is 0.234 e. The van der Waals surface area contributed by atoms with Gasteiger partial charge in [0.2, 0.25) is 5.91 Å². The van der Waals surface area contributed by atoms with Crippen molar-refractivity contribution in [2.75, 3.05) is 32.8 Å². The lowest BCUT2D eigenvalue weighted by Crippen LogP contribution is -2.35. The standard InChI is InChI=1S/C14H17N3O2/c15-10-12-3-1-4-13(9-12)19-8-7-17-6-2-5-16-14(18)11-17/h1,3-4,9H,2,5-8,11H2,(H,16,18). The number of carbonyl (C=O) groups is 1. The van der Waals surface area contributed by atoms with E-state index < -0.39 is 0 Å². The van der Waals surface area contributed by atoms with Crippen molar-refractivity contribution in [3.8, 4) is 11.8 Å². The van der Waals surface area contributed by atoms with Crippen molar-refractivity contribution >= 4 is 5.91 Å². The van der Waals surface area contributed by atoms with Crippen LogP contribution in [0, 0.1) is 11.3 Å². The zero-order valence-corrected chi connectivity index (χ0v) is 10.8. The van der Waals surface area contributed by atoms with Gasteiger partial charge in [-0.1, -0.05) is 6.07 Å². The third kappa shape index (κ3) is 4.27. The molecule has 0 aliphatic carbocycles. The van der Waals surface area contributed by atoms with Crippen molar-refractivity contribution in [2.45, 2.75) is 6.42 Å². The molecule has 2 rings (SSSR count). The maximum atomic E-state index is 11.4. The molecule has 0 radical (unpaired) electrons. The highest BCUT2D eigenvalue weighted by molar-refractivity contribution is 5.78.